The first-order valence-electron chi connectivity index (χ1n) is 15.4. The Kier molecular flexibility index (Phi) is 14.7. The van der Waals surface area contributed by atoms with E-state index in [0.717, 1.165) is 24.3 Å². The number of para-hydroxylation sites is 1. The number of rotatable bonds is 9. The van der Waals surface area contributed by atoms with E-state index in [2.05, 4.69) is 49.9 Å². The topological polar surface area (TPSA) is 316 Å². The number of H-pyrrole nitrogens is 6. The summed E-state index contributed by atoms with van der Waals surface area (Å²) < 4.78 is 79.2. The molecule has 6 aromatic rings. The number of hydrogen-bond donors (Lipinski definition) is 8. The van der Waals surface area contributed by atoms with Gasteiger partial charge in [-0.1, -0.05) is 48.6 Å². The predicted octanol–water partition coefficient (Wildman–Crippen LogP) is -4.46. The minimum atomic E-state index is -5.11. The quantitative estimate of drug-likeness (QED) is 0.0402. The van der Waals surface area contributed by atoms with E-state index in [1.807, 2.05) is 6.07 Å². The van der Waals surface area contributed by atoms with Crippen molar-refractivity contribution in [2.75, 3.05) is 7.11 Å². The van der Waals surface area contributed by atoms with Crippen molar-refractivity contribution < 1.29 is 89.8 Å². The molecule has 0 radical (unpaired) electrons. The molecule has 0 fully saturated rings. The third kappa shape index (κ3) is 11.8. The van der Waals surface area contributed by atoms with Crippen molar-refractivity contribution in [3.05, 3.63) is 136 Å². The van der Waals surface area contributed by atoms with Crippen molar-refractivity contribution in [3.8, 4) is 5.75 Å². The van der Waals surface area contributed by atoms with Crippen LogP contribution in [0.3, 0.4) is 0 Å². The maximum Gasteiger partial charge on any atom is 1.00 e. The van der Waals surface area contributed by atoms with Crippen LogP contribution >= 0.6 is 0 Å². The maximum atomic E-state index is 12.3. The monoisotopic (exact) mass is 814 g/mol. The Morgan fingerprint density at radius 2 is 0.929 bits per heavy atom. The first-order chi connectivity index (χ1) is 25.7. The summed E-state index contributed by atoms with van der Waals surface area (Å²) in [5.41, 5.74) is 0.736. The molecule has 0 aliphatic rings. The van der Waals surface area contributed by atoms with Crippen molar-refractivity contribution in [1.29, 1.82) is 10.8 Å². The van der Waals surface area contributed by atoms with Crippen LogP contribution in [-0.4, -0.2) is 63.0 Å². The molecule has 0 amide bonds. The summed E-state index contributed by atoms with van der Waals surface area (Å²) in [6.45, 7) is 0. The number of methoxy groups -OCH3 is 1. The summed E-state index contributed by atoms with van der Waals surface area (Å²) in [5, 5.41) is 16.1. The van der Waals surface area contributed by atoms with Crippen LogP contribution < -0.4 is 97.6 Å². The SMILES string of the molecule is COc1cccc(N=c2[nH]c(=N)[nH]c(=Nc3ccc(/C=C/c4ccc(N=c5[nH]c(=N)[nH]c(=Nc6ccccc6)[nH]5)cc4S(=O)(=O)[O-])c(S(=O)(=O)[O-])c3)[nH]2)c1.[Na+].[Na+]. The summed E-state index contributed by atoms with van der Waals surface area (Å²) >= 11 is 0. The molecule has 2 heterocycles. The molecule has 0 unspecified atom stereocenters. The second-order valence-corrected chi connectivity index (χ2v) is 13.8. The molecule has 23 heteroatoms. The molecule has 0 bridgehead atoms. The average molecular weight is 815 g/mol. The van der Waals surface area contributed by atoms with Gasteiger partial charge in [-0.25, -0.2) is 36.8 Å². The minimum Gasteiger partial charge on any atom is -0.744 e. The van der Waals surface area contributed by atoms with Gasteiger partial charge in [-0.2, -0.15) is 0 Å². The van der Waals surface area contributed by atoms with Gasteiger partial charge in [-0.05, 0) is 59.7 Å². The van der Waals surface area contributed by atoms with Crippen molar-refractivity contribution in [3.63, 3.8) is 0 Å². The van der Waals surface area contributed by atoms with Crippen molar-refractivity contribution in [2.45, 2.75) is 9.79 Å². The molecule has 0 aliphatic carbocycles. The van der Waals surface area contributed by atoms with Gasteiger partial charge in [0.25, 0.3) is 0 Å². The van der Waals surface area contributed by atoms with E-state index in [0.29, 0.717) is 17.1 Å². The number of benzene rings is 4. The number of nitrogens with zero attached hydrogens (tertiary/aromatic N) is 4. The molecule has 8 N–H and O–H groups in total. The molecular weight excluding hydrogens is 787 g/mol. The number of aromatic nitrogens is 6. The molecule has 0 saturated heterocycles. The Hall–Kier alpha value is -4.94. The van der Waals surface area contributed by atoms with Crippen LogP contribution in [0.2, 0.25) is 0 Å². The van der Waals surface area contributed by atoms with Crippen LogP contribution in [0.1, 0.15) is 11.1 Å². The second-order valence-electron chi connectivity index (χ2n) is 11.1. The standard InChI is InChI=1S/C33H30N12O7S2.2Na/c1-52-25-9-5-8-22(16-25)37-31-41-29(35)43-33(45-31)39-24-15-13-20(27(18-24)54(49,50)51)11-10-19-12-14-23(17-26(19)53(46,47)48)38-32-42-28(34)40-30(44-32)36-21-6-3-2-4-7-21;;/h2-18H,1H3,(H,46,47,48)(H,49,50,51)(H4,34,36,38,40,42,44)(H4,35,37,39,41,43,45);;/q;2*+1/p-2/b11-10+;;. The van der Waals surface area contributed by atoms with Crippen LogP contribution in [0.25, 0.3) is 12.2 Å². The van der Waals surface area contributed by atoms with E-state index in [9.17, 15) is 25.9 Å². The molecule has 0 saturated carbocycles. The third-order valence-electron chi connectivity index (χ3n) is 7.20. The minimum absolute atomic E-state index is 0. The third-order valence-corrected chi connectivity index (χ3v) is 8.98. The normalized spacial score (nSPS) is 13.1. The average Bonchev–Trinajstić information content (AvgIpc) is 3.10. The summed E-state index contributed by atoms with van der Waals surface area (Å²) in [6.07, 6.45) is 2.33. The Morgan fingerprint density at radius 1 is 0.536 bits per heavy atom. The van der Waals surface area contributed by atoms with Crippen LogP contribution in [0.15, 0.2) is 121 Å². The van der Waals surface area contributed by atoms with Crippen molar-refractivity contribution in [1.82, 2.24) is 29.9 Å². The van der Waals surface area contributed by atoms with E-state index < -0.39 is 30.0 Å². The first kappa shape index (κ1) is 43.8. The van der Waals surface area contributed by atoms with Gasteiger partial charge in [0, 0.05) is 6.07 Å². The van der Waals surface area contributed by atoms with E-state index >= 15 is 0 Å². The Bertz CT molecular complexity index is 3060. The van der Waals surface area contributed by atoms with Crippen LogP contribution in [0, 0.1) is 10.8 Å². The maximum absolute atomic E-state index is 12.3. The molecule has 4 aromatic carbocycles. The summed E-state index contributed by atoms with van der Waals surface area (Å²) in [4.78, 5) is 32.2. The van der Waals surface area contributed by atoms with Crippen molar-refractivity contribution >= 4 is 55.1 Å². The van der Waals surface area contributed by atoms with Crippen molar-refractivity contribution in [2.24, 2.45) is 20.0 Å². The van der Waals surface area contributed by atoms with Crippen LogP contribution in [0.4, 0.5) is 22.7 Å². The van der Waals surface area contributed by atoms with Gasteiger partial charge in [0.15, 0.2) is 0 Å². The van der Waals surface area contributed by atoms with Gasteiger partial charge in [-0.15, -0.1) is 0 Å². The first-order valence-corrected chi connectivity index (χ1v) is 18.2. The molecule has 6 rings (SSSR count). The molecule has 19 nitrogen and oxygen atoms in total. The molecule has 0 spiro atoms. The van der Waals surface area contributed by atoms with E-state index in [1.54, 1.807) is 48.5 Å². The number of nitrogens with one attached hydrogen (secondary N) is 8. The number of ether oxygens (including phenoxy) is 1. The molecular formula is C33H28N12Na2O7S2. The van der Waals surface area contributed by atoms with Gasteiger partial charge in [0.2, 0.25) is 33.7 Å². The molecule has 0 aliphatic heterocycles. The van der Waals surface area contributed by atoms with Gasteiger partial charge in [0.1, 0.15) is 26.0 Å². The Balaban J connectivity index is 0.00000348. The zero-order chi connectivity index (χ0) is 38.5. The van der Waals surface area contributed by atoms with Gasteiger partial charge in [-0.3, -0.25) is 40.7 Å². The summed E-state index contributed by atoms with van der Waals surface area (Å²) in [6, 6.07) is 23.0. The fourth-order valence-electron chi connectivity index (χ4n) is 4.88. The smallest absolute Gasteiger partial charge is 0.744 e. The Labute approximate surface area is 361 Å². The second kappa shape index (κ2) is 18.8. The van der Waals surface area contributed by atoms with Crippen LogP contribution in [-0.2, 0) is 20.2 Å². The van der Waals surface area contributed by atoms with E-state index in [-0.39, 0.29) is 115 Å². The molecule has 0 atom stereocenters. The molecule has 276 valence electrons. The van der Waals surface area contributed by atoms with Gasteiger partial charge >= 0.3 is 59.1 Å². The van der Waals surface area contributed by atoms with E-state index in [1.165, 1.54) is 31.4 Å². The number of aromatic amines is 6. The van der Waals surface area contributed by atoms with E-state index in [4.69, 9.17) is 15.6 Å². The zero-order valence-corrected chi connectivity index (χ0v) is 35.4. The van der Waals surface area contributed by atoms with Gasteiger partial charge in [0.05, 0.1) is 39.7 Å². The fraction of sp³-hybridized carbons (Fsp3) is 0.0303. The van der Waals surface area contributed by atoms with Gasteiger partial charge < -0.3 is 13.8 Å². The number of hydrogen-bond acceptors (Lipinski definition) is 13. The zero-order valence-electron chi connectivity index (χ0n) is 29.8. The molecule has 56 heavy (non-hydrogen) atoms. The molecule has 2 aromatic heterocycles. The Morgan fingerprint density at radius 3 is 1.34 bits per heavy atom. The largest absolute Gasteiger partial charge is 1.00 e. The summed E-state index contributed by atoms with van der Waals surface area (Å²) in [7, 11) is -8.70. The predicted molar refractivity (Wildman–Crippen MR) is 189 cm³/mol. The summed E-state index contributed by atoms with van der Waals surface area (Å²) in [5.74, 6) is 0.558. The fourth-order valence-corrected chi connectivity index (χ4v) is 6.26. The van der Waals surface area contributed by atoms with Crippen LogP contribution in [0.5, 0.6) is 5.75 Å².